The van der Waals surface area contributed by atoms with Gasteiger partial charge >= 0.3 is 0 Å². The Morgan fingerprint density at radius 2 is 1.66 bits per heavy atom. The second kappa shape index (κ2) is 8.72. The van der Waals surface area contributed by atoms with Gasteiger partial charge in [-0.2, -0.15) is 5.10 Å². The fourth-order valence-electron chi connectivity index (χ4n) is 5.38. The molecule has 174 valence electrons. The number of hydrogen-bond donors (Lipinski definition) is 1. The van der Waals surface area contributed by atoms with Crippen LogP contribution in [0.5, 0.6) is 0 Å². The molecule has 2 aliphatic rings. The molecule has 0 aliphatic carbocycles. The van der Waals surface area contributed by atoms with E-state index in [-0.39, 0.29) is 5.91 Å². The standard InChI is InChI=1S/C30H28N4O/c1-33-18-16-30(17-19-33)20-34(21-30)29(35)26-13-7-12-25-27(31-32-28(25)26)15-14-23-10-5-6-11-24(23)22-8-3-2-4-9-22/h2-13H,16-21H2,1H3,(H,31,32). The number of aromatic nitrogens is 2. The van der Waals surface area contributed by atoms with Gasteiger partial charge in [0.1, 0.15) is 11.2 Å². The highest BCUT2D eigenvalue weighted by atomic mass is 16.2. The van der Waals surface area contributed by atoms with Crippen molar-refractivity contribution < 1.29 is 4.79 Å². The van der Waals surface area contributed by atoms with E-state index in [4.69, 9.17) is 0 Å². The Labute approximate surface area is 205 Å². The van der Waals surface area contributed by atoms with Crippen LogP contribution in [0.1, 0.15) is 34.5 Å². The van der Waals surface area contributed by atoms with Gasteiger partial charge < -0.3 is 9.80 Å². The first-order valence-corrected chi connectivity index (χ1v) is 12.2. The fourth-order valence-corrected chi connectivity index (χ4v) is 5.38. The molecule has 0 atom stereocenters. The molecular formula is C30H28N4O. The van der Waals surface area contributed by atoms with Crippen molar-refractivity contribution in [2.75, 3.05) is 33.2 Å². The Morgan fingerprint density at radius 3 is 2.46 bits per heavy atom. The Morgan fingerprint density at radius 1 is 0.914 bits per heavy atom. The molecule has 0 unspecified atom stereocenters. The maximum absolute atomic E-state index is 13.3. The molecule has 1 N–H and O–H groups in total. The molecule has 1 spiro atoms. The normalized spacial score (nSPS) is 17.1. The summed E-state index contributed by atoms with van der Waals surface area (Å²) in [6.45, 7) is 3.94. The van der Waals surface area contributed by atoms with Crippen molar-refractivity contribution in [2.24, 2.45) is 5.41 Å². The first-order valence-electron chi connectivity index (χ1n) is 12.2. The van der Waals surface area contributed by atoms with Gasteiger partial charge in [-0.1, -0.05) is 60.5 Å². The Hall–Kier alpha value is -3.88. The molecule has 0 bridgehead atoms. The number of para-hydroxylation sites is 1. The van der Waals surface area contributed by atoms with Gasteiger partial charge in [0.2, 0.25) is 0 Å². The van der Waals surface area contributed by atoms with Crippen LogP contribution in [0, 0.1) is 17.3 Å². The van der Waals surface area contributed by atoms with Gasteiger partial charge in [0.05, 0.1) is 5.56 Å². The predicted octanol–water partition coefficient (Wildman–Crippen LogP) is 4.80. The van der Waals surface area contributed by atoms with E-state index in [0.29, 0.717) is 16.5 Å². The number of benzene rings is 3. The molecule has 0 saturated carbocycles. The summed E-state index contributed by atoms with van der Waals surface area (Å²) < 4.78 is 0. The van der Waals surface area contributed by atoms with Gasteiger partial charge in [0.25, 0.3) is 5.91 Å². The number of carbonyl (C=O) groups excluding carboxylic acids is 1. The number of hydrogen-bond acceptors (Lipinski definition) is 3. The van der Waals surface area contributed by atoms with Crippen LogP contribution >= 0.6 is 0 Å². The molecule has 3 heterocycles. The van der Waals surface area contributed by atoms with E-state index in [1.54, 1.807) is 0 Å². The van der Waals surface area contributed by atoms with Gasteiger partial charge in [-0.3, -0.25) is 9.89 Å². The number of nitrogens with one attached hydrogen (secondary N) is 1. The molecule has 1 amide bonds. The van der Waals surface area contributed by atoms with E-state index in [0.717, 1.165) is 53.9 Å². The zero-order valence-corrected chi connectivity index (χ0v) is 19.9. The van der Waals surface area contributed by atoms with E-state index in [2.05, 4.69) is 52.2 Å². The van der Waals surface area contributed by atoms with Crippen molar-refractivity contribution >= 4 is 16.8 Å². The van der Waals surface area contributed by atoms with E-state index < -0.39 is 0 Å². The molecule has 2 saturated heterocycles. The van der Waals surface area contributed by atoms with E-state index in [1.165, 1.54) is 12.8 Å². The topological polar surface area (TPSA) is 52.2 Å². The maximum atomic E-state index is 13.3. The molecule has 4 aromatic rings. The summed E-state index contributed by atoms with van der Waals surface area (Å²) in [6, 6.07) is 24.2. The van der Waals surface area contributed by atoms with Crippen molar-refractivity contribution in [3.05, 3.63) is 89.6 Å². The smallest absolute Gasteiger partial charge is 0.256 e. The highest BCUT2D eigenvalue weighted by molar-refractivity contribution is 6.06. The van der Waals surface area contributed by atoms with Gasteiger partial charge in [0.15, 0.2) is 0 Å². The third-order valence-electron chi connectivity index (χ3n) is 7.54. The largest absolute Gasteiger partial charge is 0.337 e. The van der Waals surface area contributed by atoms with Crippen molar-refractivity contribution in [2.45, 2.75) is 12.8 Å². The summed E-state index contributed by atoms with van der Waals surface area (Å²) in [4.78, 5) is 17.7. The number of amides is 1. The van der Waals surface area contributed by atoms with Crippen LogP contribution in [0.25, 0.3) is 22.0 Å². The van der Waals surface area contributed by atoms with E-state index >= 15 is 0 Å². The van der Waals surface area contributed by atoms with Crippen LogP contribution < -0.4 is 0 Å². The average molecular weight is 461 g/mol. The highest BCUT2D eigenvalue weighted by Crippen LogP contribution is 2.41. The average Bonchev–Trinajstić information content (AvgIpc) is 3.30. The Bertz CT molecular complexity index is 1440. The van der Waals surface area contributed by atoms with Gasteiger partial charge in [-0.15, -0.1) is 0 Å². The monoisotopic (exact) mass is 460 g/mol. The predicted molar refractivity (Wildman–Crippen MR) is 139 cm³/mol. The quantitative estimate of drug-likeness (QED) is 0.438. The summed E-state index contributed by atoms with van der Waals surface area (Å²) in [7, 11) is 2.17. The van der Waals surface area contributed by atoms with Crippen LogP contribution in [0.2, 0.25) is 0 Å². The van der Waals surface area contributed by atoms with Crippen molar-refractivity contribution in [1.29, 1.82) is 0 Å². The van der Waals surface area contributed by atoms with E-state index in [1.807, 2.05) is 59.5 Å². The maximum Gasteiger partial charge on any atom is 0.256 e. The van der Waals surface area contributed by atoms with Crippen LogP contribution in [-0.2, 0) is 0 Å². The number of likely N-dealkylation sites (tertiary alicyclic amines) is 2. The molecule has 3 aromatic carbocycles. The van der Waals surface area contributed by atoms with Crippen molar-refractivity contribution in [3.63, 3.8) is 0 Å². The zero-order chi connectivity index (χ0) is 23.8. The van der Waals surface area contributed by atoms with E-state index in [9.17, 15) is 4.79 Å². The first kappa shape index (κ1) is 21.6. The molecule has 35 heavy (non-hydrogen) atoms. The van der Waals surface area contributed by atoms with Crippen LogP contribution in [0.4, 0.5) is 0 Å². The fraction of sp³-hybridized carbons (Fsp3) is 0.267. The number of piperidine rings is 1. The lowest BCUT2D eigenvalue weighted by molar-refractivity contribution is -0.0282. The molecular weight excluding hydrogens is 432 g/mol. The number of rotatable bonds is 2. The number of H-pyrrole nitrogens is 1. The second-order valence-electron chi connectivity index (χ2n) is 9.93. The SMILES string of the molecule is CN1CCC2(CC1)CN(C(=O)c1cccc3c(C#Cc4ccccc4-c4ccccc4)[nH]nc13)C2. The number of nitrogens with zero attached hydrogens (tertiary/aromatic N) is 3. The van der Waals surface area contributed by atoms with Crippen LogP contribution in [-0.4, -0.2) is 59.1 Å². The zero-order valence-electron chi connectivity index (χ0n) is 19.9. The second-order valence-corrected chi connectivity index (χ2v) is 9.93. The Balaban J connectivity index is 1.26. The summed E-state index contributed by atoms with van der Waals surface area (Å²) in [6.07, 6.45) is 2.34. The molecule has 6 rings (SSSR count). The van der Waals surface area contributed by atoms with Crippen molar-refractivity contribution in [3.8, 4) is 23.0 Å². The van der Waals surface area contributed by atoms with Crippen LogP contribution in [0.3, 0.4) is 0 Å². The van der Waals surface area contributed by atoms with Crippen molar-refractivity contribution in [1.82, 2.24) is 20.0 Å². The molecule has 0 radical (unpaired) electrons. The molecule has 2 aliphatic heterocycles. The Kier molecular flexibility index (Phi) is 5.39. The third kappa shape index (κ3) is 4.00. The summed E-state index contributed by atoms with van der Waals surface area (Å²) in [5, 5.41) is 8.47. The van der Waals surface area contributed by atoms with Gasteiger partial charge in [-0.05, 0) is 68.2 Å². The molecule has 5 heteroatoms. The lowest BCUT2D eigenvalue weighted by Gasteiger charge is -2.53. The summed E-state index contributed by atoms with van der Waals surface area (Å²) >= 11 is 0. The lowest BCUT2D eigenvalue weighted by Crippen LogP contribution is -2.61. The lowest BCUT2D eigenvalue weighted by atomic mass is 9.72. The minimum Gasteiger partial charge on any atom is -0.337 e. The summed E-state index contributed by atoms with van der Waals surface area (Å²) in [5.41, 5.74) is 5.58. The number of fused-ring (bicyclic) bond motifs is 1. The molecule has 5 nitrogen and oxygen atoms in total. The third-order valence-corrected chi connectivity index (χ3v) is 7.54. The minimum absolute atomic E-state index is 0.0700. The van der Waals surface area contributed by atoms with Crippen LogP contribution in [0.15, 0.2) is 72.8 Å². The first-order chi connectivity index (χ1) is 17.1. The summed E-state index contributed by atoms with van der Waals surface area (Å²) in [5.74, 6) is 6.66. The molecule has 1 aromatic heterocycles. The molecule has 2 fully saturated rings. The number of carbonyl (C=O) groups is 1. The van der Waals surface area contributed by atoms with Gasteiger partial charge in [-0.25, -0.2) is 0 Å². The highest BCUT2D eigenvalue weighted by Gasteiger charge is 2.46. The number of aromatic amines is 1. The van der Waals surface area contributed by atoms with Gasteiger partial charge in [0, 0.05) is 29.5 Å². The minimum atomic E-state index is 0.0700.